The number of aliphatic hydroxyl groups excluding tert-OH is 1. The van der Waals surface area contributed by atoms with Crippen molar-refractivity contribution in [3.05, 3.63) is 0 Å². The molecule has 0 aromatic rings. The van der Waals surface area contributed by atoms with Crippen molar-refractivity contribution in [1.82, 2.24) is 4.90 Å². The lowest BCUT2D eigenvalue weighted by Crippen LogP contribution is -2.29. The van der Waals surface area contributed by atoms with Gasteiger partial charge in [0.25, 0.3) is 0 Å². The third-order valence-corrected chi connectivity index (χ3v) is 2.26. The van der Waals surface area contributed by atoms with Crippen molar-refractivity contribution in [3.8, 4) is 0 Å². The van der Waals surface area contributed by atoms with E-state index in [2.05, 4.69) is 34.4 Å². The summed E-state index contributed by atoms with van der Waals surface area (Å²) in [5, 5.41) is 9.11. The van der Waals surface area contributed by atoms with Crippen LogP contribution in [0, 0.1) is 0 Å². The lowest BCUT2D eigenvalue weighted by molar-refractivity contribution is 0.150. The third kappa shape index (κ3) is 5.11. The van der Waals surface area contributed by atoms with Crippen LogP contribution in [0.3, 0.4) is 0 Å². The topological polar surface area (TPSA) is 23.5 Å². The summed E-state index contributed by atoms with van der Waals surface area (Å²) in [6, 6.07) is 0. The first-order valence-corrected chi connectivity index (χ1v) is 4.65. The molecule has 0 rings (SSSR count). The summed E-state index contributed by atoms with van der Waals surface area (Å²) < 4.78 is 0.822. The molecule has 0 saturated carbocycles. The molecule has 0 spiro atoms. The lowest BCUT2D eigenvalue weighted by atomic mass is 10.4. The van der Waals surface area contributed by atoms with Crippen molar-refractivity contribution in [2.75, 3.05) is 24.6 Å². The van der Waals surface area contributed by atoms with Gasteiger partial charge in [-0.3, -0.25) is 0 Å². The minimum atomic E-state index is -0.157. The van der Waals surface area contributed by atoms with Gasteiger partial charge in [-0.1, -0.05) is 29.5 Å². The fourth-order valence-electron chi connectivity index (χ4n) is 0.538. The highest BCUT2D eigenvalue weighted by atomic mass is 127. The van der Waals surface area contributed by atoms with Gasteiger partial charge in [0.1, 0.15) is 0 Å². The second-order valence-corrected chi connectivity index (χ2v) is 3.04. The molecular formula is C6H14INO. The van der Waals surface area contributed by atoms with Gasteiger partial charge in [-0.25, -0.2) is 0 Å². The highest BCUT2D eigenvalue weighted by molar-refractivity contribution is 14.1. The molecule has 3 heteroatoms. The van der Waals surface area contributed by atoms with Crippen LogP contribution in [0.4, 0.5) is 0 Å². The predicted octanol–water partition coefficient (Wildman–Crippen LogP) is 0.734. The summed E-state index contributed by atoms with van der Waals surface area (Å²) >= 11 is 2.19. The molecule has 1 N–H and O–H groups in total. The Morgan fingerprint density at radius 3 is 2.56 bits per heavy atom. The number of nitrogens with zero attached hydrogens (tertiary/aromatic N) is 1. The molecule has 2 nitrogen and oxygen atoms in total. The monoisotopic (exact) mass is 243 g/mol. The van der Waals surface area contributed by atoms with Crippen molar-refractivity contribution in [2.45, 2.75) is 13.0 Å². The van der Waals surface area contributed by atoms with Gasteiger partial charge in [-0.15, -0.1) is 0 Å². The van der Waals surface area contributed by atoms with Crippen molar-refractivity contribution >= 4 is 22.6 Å². The minimum Gasteiger partial charge on any atom is -0.391 e. The highest BCUT2D eigenvalue weighted by Gasteiger charge is 2.02. The van der Waals surface area contributed by atoms with E-state index >= 15 is 0 Å². The van der Waals surface area contributed by atoms with Crippen molar-refractivity contribution in [3.63, 3.8) is 0 Å². The average molecular weight is 243 g/mol. The van der Waals surface area contributed by atoms with Gasteiger partial charge in [0.05, 0.1) is 6.10 Å². The number of rotatable bonds is 4. The van der Waals surface area contributed by atoms with E-state index in [1.165, 1.54) is 0 Å². The molecule has 0 aromatic carbocycles. The molecule has 0 bridgehead atoms. The Morgan fingerprint density at radius 1 is 1.67 bits per heavy atom. The molecule has 0 amide bonds. The SMILES string of the molecule is CCN(C)CC(O)CI. The minimum absolute atomic E-state index is 0.157. The van der Waals surface area contributed by atoms with Gasteiger partial charge in [-0.05, 0) is 13.6 Å². The number of hydrogen-bond donors (Lipinski definition) is 1. The van der Waals surface area contributed by atoms with Gasteiger partial charge in [0.2, 0.25) is 0 Å². The predicted molar refractivity (Wildman–Crippen MR) is 48.1 cm³/mol. The van der Waals surface area contributed by atoms with E-state index in [-0.39, 0.29) is 6.10 Å². The standard InChI is InChI=1S/C6H14INO/c1-3-8(2)5-6(9)4-7/h6,9H,3-5H2,1-2H3. The van der Waals surface area contributed by atoms with E-state index in [0.29, 0.717) is 0 Å². The van der Waals surface area contributed by atoms with Crippen LogP contribution in [0.2, 0.25) is 0 Å². The molecule has 0 aliphatic heterocycles. The van der Waals surface area contributed by atoms with Crippen molar-refractivity contribution in [1.29, 1.82) is 0 Å². The Kier molecular flexibility index (Phi) is 5.83. The molecule has 0 heterocycles. The van der Waals surface area contributed by atoms with Crippen molar-refractivity contribution in [2.24, 2.45) is 0 Å². The first-order valence-electron chi connectivity index (χ1n) is 3.13. The lowest BCUT2D eigenvalue weighted by Gasteiger charge is -2.16. The maximum absolute atomic E-state index is 9.11. The van der Waals surface area contributed by atoms with E-state index in [9.17, 15) is 0 Å². The fraction of sp³-hybridized carbons (Fsp3) is 1.00. The smallest absolute Gasteiger partial charge is 0.0756 e. The Labute approximate surface area is 70.4 Å². The third-order valence-electron chi connectivity index (χ3n) is 1.24. The summed E-state index contributed by atoms with van der Waals surface area (Å²) in [5.74, 6) is 0. The molecule has 0 fully saturated rings. The molecule has 0 saturated heterocycles. The summed E-state index contributed by atoms with van der Waals surface area (Å²) in [6.07, 6.45) is -0.157. The van der Waals surface area contributed by atoms with E-state index < -0.39 is 0 Å². The van der Waals surface area contributed by atoms with Crippen molar-refractivity contribution < 1.29 is 5.11 Å². The van der Waals surface area contributed by atoms with E-state index in [0.717, 1.165) is 17.5 Å². The maximum atomic E-state index is 9.11. The zero-order chi connectivity index (χ0) is 7.28. The maximum Gasteiger partial charge on any atom is 0.0756 e. The van der Waals surface area contributed by atoms with Gasteiger partial charge < -0.3 is 10.0 Å². The average Bonchev–Trinajstić information content (AvgIpc) is 1.87. The second-order valence-electron chi connectivity index (χ2n) is 2.16. The largest absolute Gasteiger partial charge is 0.391 e. The molecule has 0 radical (unpaired) electrons. The normalized spacial score (nSPS) is 14.3. The number of halogens is 1. The van der Waals surface area contributed by atoms with Gasteiger partial charge in [0.15, 0.2) is 0 Å². The van der Waals surface area contributed by atoms with Gasteiger partial charge in [0, 0.05) is 11.0 Å². The Morgan fingerprint density at radius 2 is 2.22 bits per heavy atom. The summed E-state index contributed by atoms with van der Waals surface area (Å²) in [4.78, 5) is 2.10. The first kappa shape index (κ1) is 9.65. The number of aliphatic hydroxyl groups is 1. The van der Waals surface area contributed by atoms with E-state index in [1.54, 1.807) is 0 Å². The first-order chi connectivity index (χ1) is 4.20. The molecule has 0 aliphatic carbocycles. The number of hydrogen-bond acceptors (Lipinski definition) is 2. The van der Waals surface area contributed by atoms with Crippen LogP contribution in [0.15, 0.2) is 0 Å². The second kappa shape index (κ2) is 5.44. The summed E-state index contributed by atoms with van der Waals surface area (Å²) in [6.45, 7) is 3.88. The fourth-order valence-corrected chi connectivity index (χ4v) is 0.816. The number of alkyl halides is 1. The van der Waals surface area contributed by atoms with Crippen LogP contribution >= 0.6 is 22.6 Å². The Balaban J connectivity index is 3.22. The van der Waals surface area contributed by atoms with E-state index in [4.69, 9.17) is 5.11 Å². The molecule has 0 aromatic heterocycles. The van der Waals surface area contributed by atoms with E-state index in [1.807, 2.05) is 7.05 Å². The highest BCUT2D eigenvalue weighted by Crippen LogP contribution is 1.93. The molecule has 1 atom stereocenters. The molecule has 0 aliphatic rings. The van der Waals surface area contributed by atoms with Gasteiger partial charge >= 0.3 is 0 Å². The van der Waals surface area contributed by atoms with Crippen LogP contribution < -0.4 is 0 Å². The summed E-state index contributed by atoms with van der Waals surface area (Å²) in [7, 11) is 2.01. The van der Waals surface area contributed by atoms with Crippen LogP contribution in [-0.2, 0) is 0 Å². The molecular weight excluding hydrogens is 229 g/mol. The Bertz CT molecular complexity index is 62.1. The number of likely N-dealkylation sites (N-methyl/N-ethyl adjacent to an activating group) is 1. The Hall–Kier alpha value is 0.650. The van der Waals surface area contributed by atoms with Crippen LogP contribution in [0.25, 0.3) is 0 Å². The van der Waals surface area contributed by atoms with Crippen LogP contribution in [0.5, 0.6) is 0 Å². The van der Waals surface area contributed by atoms with Crippen LogP contribution in [-0.4, -0.2) is 40.7 Å². The van der Waals surface area contributed by atoms with Crippen LogP contribution in [0.1, 0.15) is 6.92 Å². The molecule has 1 unspecified atom stereocenters. The molecule has 9 heavy (non-hydrogen) atoms. The van der Waals surface area contributed by atoms with Gasteiger partial charge in [-0.2, -0.15) is 0 Å². The molecule has 56 valence electrons. The quantitative estimate of drug-likeness (QED) is 0.581. The zero-order valence-electron chi connectivity index (χ0n) is 5.97. The zero-order valence-corrected chi connectivity index (χ0v) is 8.13. The summed E-state index contributed by atoms with van der Waals surface area (Å²) in [5.41, 5.74) is 0.